The SMILES string of the molecule is CCNC(=O)C(C)N(Cc1ccc(Br)cc1)C(=O)COc1cc(C)cc(C)c1C. The molecule has 2 amide bonds. The van der Waals surface area contributed by atoms with E-state index in [0.29, 0.717) is 18.8 Å². The maximum Gasteiger partial charge on any atom is 0.261 e. The first-order chi connectivity index (χ1) is 13.7. The zero-order valence-electron chi connectivity index (χ0n) is 17.7. The lowest BCUT2D eigenvalue weighted by atomic mass is 10.1. The molecule has 5 nitrogen and oxygen atoms in total. The highest BCUT2D eigenvalue weighted by Crippen LogP contribution is 2.23. The molecular weight excluding hydrogens is 432 g/mol. The van der Waals surface area contributed by atoms with E-state index in [4.69, 9.17) is 4.74 Å². The molecule has 0 saturated heterocycles. The van der Waals surface area contributed by atoms with Crippen LogP contribution < -0.4 is 10.1 Å². The van der Waals surface area contributed by atoms with Gasteiger partial charge in [-0.3, -0.25) is 9.59 Å². The summed E-state index contributed by atoms with van der Waals surface area (Å²) < 4.78 is 6.82. The zero-order chi connectivity index (χ0) is 21.6. The maximum absolute atomic E-state index is 13.0. The van der Waals surface area contributed by atoms with Gasteiger partial charge < -0.3 is 15.0 Å². The fourth-order valence-corrected chi connectivity index (χ4v) is 3.33. The van der Waals surface area contributed by atoms with Gasteiger partial charge in [0.25, 0.3) is 5.91 Å². The van der Waals surface area contributed by atoms with Crippen molar-refractivity contribution < 1.29 is 14.3 Å². The highest BCUT2D eigenvalue weighted by molar-refractivity contribution is 9.10. The number of hydrogen-bond acceptors (Lipinski definition) is 3. The molecule has 156 valence electrons. The minimum Gasteiger partial charge on any atom is -0.483 e. The van der Waals surface area contributed by atoms with Crippen LogP contribution >= 0.6 is 15.9 Å². The Morgan fingerprint density at radius 2 is 1.79 bits per heavy atom. The largest absolute Gasteiger partial charge is 0.483 e. The summed E-state index contributed by atoms with van der Waals surface area (Å²) in [4.78, 5) is 27.0. The van der Waals surface area contributed by atoms with Crippen LogP contribution in [-0.4, -0.2) is 35.9 Å². The molecule has 29 heavy (non-hydrogen) atoms. The van der Waals surface area contributed by atoms with Gasteiger partial charge in [-0.1, -0.05) is 34.1 Å². The Labute approximate surface area is 181 Å². The molecule has 1 atom stereocenters. The van der Waals surface area contributed by atoms with E-state index in [1.54, 1.807) is 11.8 Å². The quantitative estimate of drug-likeness (QED) is 0.638. The first kappa shape index (κ1) is 22.9. The molecule has 1 N–H and O–H groups in total. The fourth-order valence-electron chi connectivity index (χ4n) is 3.06. The van der Waals surface area contributed by atoms with Crippen LogP contribution in [0.5, 0.6) is 5.75 Å². The van der Waals surface area contributed by atoms with Crippen LogP contribution in [0.3, 0.4) is 0 Å². The van der Waals surface area contributed by atoms with Crippen LogP contribution in [-0.2, 0) is 16.1 Å². The number of benzene rings is 2. The first-order valence-electron chi connectivity index (χ1n) is 9.75. The zero-order valence-corrected chi connectivity index (χ0v) is 19.3. The number of halogens is 1. The van der Waals surface area contributed by atoms with Crippen molar-refractivity contribution in [3.05, 3.63) is 63.1 Å². The van der Waals surface area contributed by atoms with E-state index in [-0.39, 0.29) is 18.4 Å². The van der Waals surface area contributed by atoms with Crippen molar-refractivity contribution in [3.8, 4) is 5.75 Å². The van der Waals surface area contributed by atoms with Gasteiger partial charge in [0.15, 0.2) is 6.61 Å². The Balaban J connectivity index is 2.19. The number of hydrogen-bond donors (Lipinski definition) is 1. The van der Waals surface area contributed by atoms with Crippen LogP contribution in [0.15, 0.2) is 40.9 Å². The van der Waals surface area contributed by atoms with Crippen molar-refractivity contribution in [2.24, 2.45) is 0 Å². The standard InChI is InChI=1S/C23H29BrN2O3/c1-6-25-23(28)18(5)26(13-19-7-9-20(24)10-8-19)22(27)14-29-21-12-15(2)11-16(3)17(21)4/h7-12,18H,6,13-14H2,1-5H3,(H,25,28). The van der Waals surface area contributed by atoms with E-state index in [2.05, 4.69) is 27.3 Å². The van der Waals surface area contributed by atoms with E-state index in [1.807, 2.05) is 58.0 Å². The Morgan fingerprint density at radius 1 is 1.14 bits per heavy atom. The van der Waals surface area contributed by atoms with Crippen molar-refractivity contribution in [3.63, 3.8) is 0 Å². The van der Waals surface area contributed by atoms with E-state index < -0.39 is 6.04 Å². The minimum atomic E-state index is -0.602. The highest BCUT2D eigenvalue weighted by Gasteiger charge is 2.26. The second-order valence-electron chi connectivity index (χ2n) is 7.21. The molecule has 2 aromatic carbocycles. The number of nitrogens with one attached hydrogen (secondary N) is 1. The summed E-state index contributed by atoms with van der Waals surface area (Å²) in [6, 6.07) is 11.1. The molecule has 0 bridgehead atoms. The van der Waals surface area contributed by atoms with E-state index in [0.717, 1.165) is 26.7 Å². The molecule has 1 unspecified atom stereocenters. The average Bonchev–Trinajstić information content (AvgIpc) is 2.68. The summed E-state index contributed by atoms with van der Waals surface area (Å²) >= 11 is 3.42. The molecular formula is C23H29BrN2O3. The lowest BCUT2D eigenvalue weighted by Crippen LogP contribution is -2.49. The van der Waals surface area contributed by atoms with Crippen molar-refractivity contribution in [1.29, 1.82) is 0 Å². The monoisotopic (exact) mass is 460 g/mol. The lowest BCUT2D eigenvalue weighted by Gasteiger charge is -2.28. The molecule has 0 fully saturated rings. The Kier molecular flexibility index (Phi) is 8.26. The third kappa shape index (κ3) is 6.32. The summed E-state index contributed by atoms with van der Waals surface area (Å²) in [5.74, 6) is 0.288. The minimum absolute atomic E-state index is 0.121. The summed E-state index contributed by atoms with van der Waals surface area (Å²) in [6.07, 6.45) is 0. The van der Waals surface area contributed by atoms with Gasteiger partial charge in [0.2, 0.25) is 5.91 Å². The van der Waals surface area contributed by atoms with Crippen molar-refractivity contribution in [1.82, 2.24) is 10.2 Å². The second kappa shape index (κ2) is 10.4. The predicted octanol–water partition coefficient (Wildman–Crippen LogP) is 4.31. The molecule has 0 aliphatic heterocycles. The average molecular weight is 461 g/mol. The number of carbonyl (C=O) groups excluding carboxylic acids is 2. The van der Waals surface area contributed by atoms with Gasteiger partial charge >= 0.3 is 0 Å². The molecule has 0 heterocycles. The van der Waals surface area contributed by atoms with Crippen LogP contribution in [0.25, 0.3) is 0 Å². The number of nitrogens with zero attached hydrogens (tertiary/aromatic N) is 1. The lowest BCUT2D eigenvalue weighted by molar-refractivity contribution is -0.142. The third-order valence-corrected chi connectivity index (χ3v) is 5.43. The van der Waals surface area contributed by atoms with Crippen LogP contribution in [0, 0.1) is 20.8 Å². The van der Waals surface area contributed by atoms with Gasteiger partial charge in [0.1, 0.15) is 11.8 Å². The van der Waals surface area contributed by atoms with Crippen LogP contribution in [0.2, 0.25) is 0 Å². The van der Waals surface area contributed by atoms with Gasteiger partial charge in [-0.15, -0.1) is 0 Å². The van der Waals surface area contributed by atoms with Gasteiger partial charge in [-0.05, 0) is 75.1 Å². The number of likely N-dealkylation sites (N-methyl/N-ethyl adjacent to an activating group) is 1. The molecule has 2 aromatic rings. The summed E-state index contributed by atoms with van der Waals surface area (Å²) in [5.41, 5.74) is 4.16. The maximum atomic E-state index is 13.0. The predicted molar refractivity (Wildman–Crippen MR) is 119 cm³/mol. The highest BCUT2D eigenvalue weighted by atomic mass is 79.9. The van der Waals surface area contributed by atoms with Gasteiger partial charge in [0.05, 0.1) is 0 Å². The number of carbonyl (C=O) groups is 2. The van der Waals surface area contributed by atoms with E-state index in [1.165, 1.54) is 0 Å². The first-order valence-corrected chi connectivity index (χ1v) is 10.5. The van der Waals surface area contributed by atoms with Crippen molar-refractivity contribution in [2.45, 2.75) is 47.2 Å². The molecule has 0 aromatic heterocycles. The summed E-state index contributed by atoms with van der Waals surface area (Å²) in [6.45, 7) is 10.3. The molecule has 0 saturated carbocycles. The summed E-state index contributed by atoms with van der Waals surface area (Å²) in [5, 5.41) is 2.79. The molecule has 0 aliphatic carbocycles. The smallest absolute Gasteiger partial charge is 0.261 e. The molecule has 2 rings (SSSR count). The normalized spacial score (nSPS) is 11.7. The van der Waals surface area contributed by atoms with Crippen molar-refractivity contribution >= 4 is 27.7 Å². The fraction of sp³-hybridized carbons (Fsp3) is 0.391. The summed E-state index contributed by atoms with van der Waals surface area (Å²) in [7, 11) is 0. The Hall–Kier alpha value is -2.34. The number of rotatable bonds is 8. The topological polar surface area (TPSA) is 58.6 Å². The molecule has 0 spiro atoms. The van der Waals surface area contributed by atoms with Crippen molar-refractivity contribution in [2.75, 3.05) is 13.2 Å². The van der Waals surface area contributed by atoms with Crippen LogP contribution in [0.1, 0.15) is 36.1 Å². The molecule has 0 radical (unpaired) electrons. The number of ether oxygens (including phenoxy) is 1. The third-order valence-electron chi connectivity index (χ3n) is 4.90. The Morgan fingerprint density at radius 3 is 2.41 bits per heavy atom. The number of amides is 2. The van der Waals surface area contributed by atoms with E-state index >= 15 is 0 Å². The molecule has 0 aliphatic rings. The van der Waals surface area contributed by atoms with Gasteiger partial charge in [-0.25, -0.2) is 0 Å². The molecule has 6 heteroatoms. The second-order valence-corrected chi connectivity index (χ2v) is 8.13. The van der Waals surface area contributed by atoms with Crippen LogP contribution in [0.4, 0.5) is 0 Å². The van der Waals surface area contributed by atoms with E-state index in [9.17, 15) is 9.59 Å². The van der Waals surface area contributed by atoms with Gasteiger partial charge in [-0.2, -0.15) is 0 Å². The Bertz CT molecular complexity index is 865. The number of aryl methyl sites for hydroxylation is 2. The van der Waals surface area contributed by atoms with Gasteiger partial charge in [0, 0.05) is 17.6 Å².